The van der Waals surface area contributed by atoms with Crippen LogP contribution in [-0.2, 0) is 6.42 Å². The molecule has 0 aliphatic heterocycles. The summed E-state index contributed by atoms with van der Waals surface area (Å²) < 4.78 is 5.14. The number of hydrogen-bond donors (Lipinski definition) is 1. The van der Waals surface area contributed by atoms with Crippen LogP contribution >= 0.6 is 11.6 Å². The van der Waals surface area contributed by atoms with Gasteiger partial charge in [0, 0.05) is 29.6 Å². The fourth-order valence-corrected chi connectivity index (χ4v) is 2.46. The highest BCUT2D eigenvalue weighted by Gasteiger charge is 2.11. The van der Waals surface area contributed by atoms with Crippen molar-refractivity contribution in [2.24, 2.45) is 4.99 Å². The average molecular weight is 333 g/mol. The van der Waals surface area contributed by atoms with Gasteiger partial charge in [-0.15, -0.1) is 0 Å². The number of aliphatic hydroxyl groups excluding tert-OH is 1. The molecule has 122 valence electrons. The van der Waals surface area contributed by atoms with Crippen molar-refractivity contribution in [2.75, 3.05) is 13.7 Å². The van der Waals surface area contributed by atoms with Crippen LogP contribution in [0.1, 0.15) is 29.8 Å². The maximum absolute atomic E-state index is 10.3. The van der Waals surface area contributed by atoms with Gasteiger partial charge in [-0.05, 0) is 37.6 Å². The van der Waals surface area contributed by atoms with Gasteiger partial charge in [-0.1, -0.05) is 23.7 Å². The molecule has 0 radical (unpaired) electrons. The van der Waals surface area contributed by atoms with Crippen molar-refractivity contribution in [1.82, 2.24) is 4.98 Å². The Bertz CT molecular complexity index is 684. The molecule has 23 heavy (non-hydrogen) atoms. The van der Waals surface area contributed by atoms with Crippen LogP contribution < -0.4 is 4.74 Å². The minimum Gasteiger partial charge on any atom is -0.497 e. The van der Waals surface area contributed by atoms with Gasteiger partial charge >= 0.3 is 0 Å². The van der Waals surface area contributed by atoms with E-state index in [0.29, 0.717) is 11.6 Å². The Labute approximate surface area is 141 Å². The summed E-state index contributed by atoms with van der Waals surface area (Å²) in [7, 11) is 1.65. The highest BCUT2D eigenvalue weighted by molar-refractivity contribution is 6.30. The van der Waals surface area contributed by atoms with E-state index < -0.39 is 6.10 Å². The topological polar surface area (TPSA) is 54.7 Å². The summed E-state index contributed by atoms with van der Waals surface area (Å²) in [5.41, 5.74) is 3.60. The summed E-state index contributed by atoms with van der Waals surface area (Å²) in [4.78, 5) is 8.63. The standard InChI is InChI=1S/C18H21ClN2O2/c1-12(8-14-4-6-16(23-3)7-5-14)20-11-18(22)17-9-15(19)10-21-13(17)2/h4-7,9-10,18,22H,8,11H2,1-3H3/b20-12+/t18-/m0/s1. The summed E-state index contributed by atoms with van der Waals surface area (Å²) >= 11 is 5.94. The molecule has 0 bridgehead atoms. The first-order valence-corrected chi connectivity index (χ1v) is 7.80. The number of methoxy groups -OCH3 is 1. The van der Waals surface area contributed by atoms with Crippen LogP contribution in [0.25, 0.3) is 0 Å². The molecule has 5 heteroatoms. The zero-order chi connectivity index (χ0) is 16.8. The van der Waals surface area contributed by atoms with E-state index in [-0.39, 0.29) is 0 Å². The van der Waals surface area contributed by atoms with Crippen molar-refractivity contribution in [2.45, 2.75) is 26.4 Å². The van der Waals surface area contributed by atoms with Crippen LogP contribution in [0.5, 0.6) is 5.75 Å². The highest BCUT2D eigenvalue weighted by atomic mass is 35.5. The smallest absolute Gasteiger partial charge is 0.118 e. The van der Waals surface area contributed by atoms with Gasteiger partial charge in [0.15, 0.2) is 0 Å². The number of pyridine rings is 1. The van der Waals surface area contributed by atoms with Gasteiger partial charge in [0.25, 0.3) is 0 Å². The molecule has 4 nitrogen and oxygen atoms in total. The van der Waals surface area contributed by atoms with E-state index in [1.54, 1.807) is 19.4 Å². The van der Waals surface area contributed by atoms with Gasteiger partial charge in [0.2, 0.25) is 0 Å². The molecule has 0 saturated carbocycles. The second-order valence-electron chi connectivity index (χ2n) is 5.44. The monoisotopic (exact) mass is 332 g/mol. The normalized spacial score (nSPS) is 13.0. The zero-order valence-corrected chi connectivity index (χ0v) is 14.3. The molecule has 0 amide bonds. The second kappa shape index (κ2) is 8.09. The first-order valence-electron chi connectivity index (χ1n) is 7.42. The van der Waals surface area contributed by atoms with Gasteiger partial charge < -0.3 is 9.84 Å². The van der Waals surface area contributed by atoms with Crippen molar-refractivity contribution in [3.63, 3.8) is 0 Å². The Morgan fingerprint density at radius 2 is 2.04 bits per heavy atom. The number of halogens is 1. The lowest BCUT2D eigenvalue weighted by Crippen LogP contribution is -2.08. The van der Waals surface area contributed by atoms with Gasteiger partial charge in [-0.3, -0.25) is 9.98 Å². The first-order chi connectivity index (χ1) is 11.0. The second-order valence-corrected chi connectivity index (χ2v) is 5.88. The van der Waals surface area contributed by atoms with Crippen LogP contribution in [0.3, 0.4) is 0 Å². The van der Waals surface area contributed by atoms with Gasteiger partial charge in [0.1, 0.15) is 11.9 Å². The Kier molecular flexibility index (Phi) is 6.13. The lowest BCUT2D eigenvalue weighted by atomic mass is 10.1. The maximum atomic E-state index is 10.3. The van der Waals surface area contributed by atoms with Crippen molar-refractivity contribution in [1.29, 1.82) is 0 Å². The van der Waals surface area contributed by atoms with E-state index in [2.05, 4.69) is 9.98 Å². The number of aliphatic imine (C=N–C) groups is 1. The van der Waals surface area contributed by atoms with E-state index in [0.717, 1.165) is 34.7 Å². The van der Waals surface area contributed by atoms with Crippen molar-refractivity contribution in [3.05, 3.63) is 58.4 Å². The number of ether oxygens (including phenoxy) is 1. The molecule has 1 aromatic heterocycles. The van der Waals surface area contributed by atoms with E-state index >= 15 is 0 Å². The van der Waals surface area contributed by atoms with Crippen molar-refractivity contribution >= 4 is 17.3 Å². The number of benzene rings is 1. The van der Waals surface area contributed by atoms with Crippen LogP contribution in [0.4, 0.5) is 0 Å². The maximum Gasteiger partial charge on any atom is 0.118 e. The van der Waals surface area contributed by atoms with Crippen molar-refractivity contribution in [3.8, 4) is 5.75 Å². The van der Waals surface area contributed by atoms with E-state index in [1.807, 2.05) is 38.1 Å². The van der Waals surface area contributed by atoms with Crippen LogP contribution in [0, 0.1) is 6.92 Å². The Balaban J connectivity index is 1.99. The number of aliphatic hydroxyl groups is 1. The SMILES string of the molecule is COc1ccc(C/C(C)=N/C[C@H](O)c2cc(Cl)cnc2C)cc1. The van der Waals surface area contributed by atoms with E-state index in [9.17, 15) is 5.11 Å². The molecule has 2 rings (SSSR count). The highest BCUT2D eigenvalue weighted by Crippen LogP contribution is 2.20. The predicted molar refractivity (Wildman–Crippen MR) is 93.6 cm³/mol. The fraction of sp³-hybridized carbons (Fsp3) is 0.333. The molecule has 0 fully saturated rings. The minimum absolute atomic E-state index is 0.296. The van der Waals surface area contributed by atoms with Gasteiger partial charge in [0.05, 0.1) is 18.7 Å². The molecule has 1 N–H and O–H groups in total. The molecule has 1 atom stereocenters. The summed E-state index contributed by atoms with van der Waals surface area (Å²) in [5, 5.41) is 10.8. The molecular formula is C18H21ClN2O2. The third-order valence-electron chi connectivity index (χ3n) is 3.60. The largest absolute Gasteiger partial charge is 0.497 e. The zero-order valence-electron chi connectivity index (χ0n) is 13.6. The lowest BCUT2D eigenvalue weighted by Gasteiger charge is -2.12. The predicted octanol–water partition coefficient (Wildman–Crippen LogP) is 3.79. The third kappa shape index (κ3) is 5.05. The molecule has 1 heterocycles. The Morgan fingerprint density at radius 3 is 2.70 bits per heavy atom. The molecule has 2 aromatic rings. The Morgan fingerprint density at radius 1 is 1.35 bits per heavy atom. The van der Waals surface area contributed by atoms with E-state index in [4.69, 9.17) is 16.3 Å². The number of hydrogen-bond acceptors (Lipinski definition) is 4. The summed E-state index contributed by atoms with van der Waals surface area (Å²) in [6.07, 6.45) is 1.61. The van der Waals surface area contributed by atoms with Crippen molar-refractivity contribution < 1.29 is 9.84 Å². The van der Waals surface area contributed by atoms with Crippen LogP contribution in [0.2, 0.25) is 5.02 Å². The minimum atomic E-state index is -0.702. The molecule has 0 aliphatic rings. The fourth-order valence-electron chi connectivity index (χ4n) is 2.30. The number of aryl methyl sites for hydroxylation is 1. The number of rotatable bonds is 6. The summed E-state index contributed by atoms with van der Waals surface area (Å²) in [6, 6.07) is 9.62. The average Bonchev–Trinajstić information content (AvgIpc) is 2.55. The molecule has 0 spiro atoms. The summed E-state index contributed by atoms with van der Waals surface area (Å²) in [6.45, 7) is 4.10. The van der Waals surface area contributed by atoms with Crippen LogP contribution in [-0.4, -0.2) is 29.5 Å². The molecule has 1 aromatic carbocycles. The number of nitrogens with zero attached hydrogens (tertiary/aromatic N) is 2. The quantitative estimate of drug-likeness (QED) is 0.819. The van der Waals surface area contributed by atoms with E-state index in [1.165, 1.54) is 0 Å². The molecular weight excluding hydrogens is 312 g/mol. The Hall–Kier alpha value is -1.91. The molecule has 0 unspecified atom stereocenters. The molecule has 0 aliphatic carbocycles. The molecule has 0 saturated heterocycles. The van der Waals surface area contributed by atoms with Crippen LogP contribution in [0.15, 0.2) is 41.5 Å². The first kappa shape index (κ1) is 17.4. The third-order valence-corrected chi connectivity index (χ3v) is 3.81. The van der Waals surface area contributed by atoms with Gasteiger partial charge in [-0.2, -0.15) is 0 Å². The lowest BCUT2D eigenvalue weighted by molar-refractivity contribution is 0.186. The van der Waals surface area contributed by atoms with Gasteiger partial charge in [-0.25, -0.2) is 0 Å². The number of aromatic nitrogens is 1. The summed E-state index contributed by atoms with van der Waals surface area (Å²) in [5.74, 6) is 0.836.